The number of para-hydroxylation sites is 1. The zero-order chi connectivity index (χ0) is 19.6. The van der Waals surface area contributed by atoms with E-state index in [0.29, 0.717) is 28.9 Å². The summed E-state index contributed by atoms with van der Waals surface area (Å²) < 4.78 is 11.1. The summed E-state index contributed by atoms with van der Waals surface area (Å²) in [7, 11) is 1.58. The fourth-order valence-corrected chi connectivity index (χ4v) is 3.22. The number of nitrogens with one attached hydrogen (secondary N) is 1. The van der Waals surface area contributed by atoms with Crippen LogP contribution < -0.4 is 19.7 Å². The van der Waals surface area contributed by atoms with Crippen molar-refractivity contribution in [2.24, 2.45) is 0 Å². The van der Waals surface area contributed by atoms with Gasteiger partial charge in [0.1, 0.15) is 5.70 Å². The van der Waals surface area contributed by atoms with Crippen molar-refractivity contribution in [2.45, 2.75) is 20.8 Å². The van der Waals surface area contributed by atoms with Gasteiger partial charge >= 0.3 is 0 Å². The quantitative estimate of drug-likeness (QED) is 0.626. The lowest BCUT2D eigenvalue weighted by Gasteiger charge is -2.15. The zero-order valence-electron chi connectivity index (χ0n) is 15.8. The molecule has 0 saturated carbocycles. The summed E-state index contributed by atoms with van der Waals surface area (Å²) in [5.74, 6) is 1.01. The molecule has 0 aliphatic carbocycles. The predicted octanol–water partition coefficient (Wildman–Crippen LogP) is 3.97. The third-order valence-electron chi connectivity index (χ3n) is 4.44. The van der Waals surface area contributed by atoms with E-state index in [9.17, 15) is 4.79 Å². The Bertz CT molecular complexity index is 937. The van der Waals surface area contributed by atoms with Crippen molar-refractivity contribution in [2.75, 3.05) is 18.6 Å². The molecule has 1 N–H and O–H groups in total. The Kier molecular flexibility index (Phi) is 5.46. The van der Waals surface area contributed by atoms with Gasteiger partial charge in [-0.2, -0.15) is 0 Å². The summed E-state index contributed by atoms with van der Waals surface area (Å²) >= 11 is 5.39. The number of ether oxygens (including phenoxy) is 2. The number of anilines is 1. The maximum absolute atomic E-state index is 13.0. The molecule has 1 aliphatic rings. The van der Waals surface area contributed by atoms with E-state index in [4.69, 9.17) is 21.7 Å². The number of nitrogens with zero attached hydrogens (tertiary/aromatic N) is 1. The fraction of sp³-hybridized carbons (Fsp3) is 0.238. The Morgan fingerprint density at radius 2 is 1.96 bits per heavy atom. The highest BCUT2D eigenvalue weighted by Crippen LogP contribution is 2.33. The number of carbonyl (C=O) groups excluding carboxylic acids is 1. The van der Waals surface area contributed by atoms with E-state index in [1.165, 1.54) is 4.90 Å². The number of hydrogen-bond acceptors (Lipinski definition) is 4. The van der Waals surface area contributed by atoms with Crippen LogP contribution in [0, 0.1) is 13.8 Å². The largest absolute Gasteiger partial charge is 0.492 e. The van der Waals surface area contributed by atoms with E-state index in [1.807, 2.05) is 57.2 Å². The number of hydrogen-bond donors (Lipinski definition) is 1. The van der Waals surface area contributed by atoms with Crippen LogP contribution in [-0.2, 0) is 4.79 Å². The third-order valence-corrected chi connectivity index (χ3v) is 4.72. The Morgan fingerprint density at radius 1 is 1.19 bits per heavy atom. The van der Waals surface area contributed by atoms with Crippen LogP contribution in [0.15, 0.2) is 42.1 Å². The summed E-state index contributed by atoms with van der Waals surface area (Å²) in [5.41, 5.74) is 4.15. The van der Waals surface area contributed by atoms with E-state index in [-0.39, 0.29) is 5.91 Å². The first-order chi connectivity index (χ1) is 13.0. The molecule has 0 atom stereocenters. The average molecular weight is 382 g/mol. The maximum atomic E-state index is 13.0. The predicted molar refractivity (Wildman–Crippen MR) is 111 cm³/mol. The second kappa shape index (κ2) is 7.80. The normalized spacial score (nSPS) is 15.3. The van der Waals surface area contributed by atoms with E-state index < -0.39 is 0 Å². The first kappa shape index (κ1) is 18.9. The minimum absolute atomic E-state index is 0.202. The number of carbonyl (C=O) groups is 1. The van der Waals surface area contributed by atoms with Crippen molar-refractivity contribution >= 4 is 35.0 Å². The maximum Gasteiger partial charge on any atom is 0.281 e. The van der Waals surface area contributed by atoms with Crippen molar-refractivity contribution in [3.63, 3.8) is 0 Å². The molecule has 0 spiro atoms. The van der Waals surface area contributed by atoms with Gasteiger partial charge in [0.15, 0.2) is 16.6 Å². The molecule has 140 valence electrons. The van der Waals surface area contributed by atoms with Gasteiger partial charge in [-0.1, -0.05) is 18.2 Å². The lowest BCUT2D eigenvalue weighted by Crippen LogP contribution is -2.30. The second-order valence-electron chi connectivity index (χ2n) is 6.21. The van der Waals surface area contributed by atoms with Crippen LogP contribution in [0.5, 0.6) is 11.5 Å². The molecule has 2 aromatic rings. The molecule has 27 heavy (non-hydrogen) atoms. The first-order valence-corrected chi connectivity index (χ1v) is 9.11. The molecule has 1 saturated heterocycles. The molecular weight excluding hydrogens is 360 g/mol. The van der Waals surface area contributed by atoms with Gasteiger partial charge in [0.2, 0.25) is 0 Å². The van der Waals surface area contributed by atoms with Gasteiger partial charge in [-0.3, -0.25) is 9.69 Å². The smallest absolute Gasteiger partial charge is 0.281 e. The molecule has 2 aromatic carbocycles. The molecule has 1 heterocycles. The third kappa shape index (κ3) is 3.66. The lowest BCUT2D eigenvalue weighted by atomic mass is 10.1. The van der Waals surface area contributed by atoms with Crippen LogP contribution in [0.3, 0.4) is 0 Å². The van der Waals surface area contributed by atoms with Crippen LogP contribution in [0.2, 0.25) is 0 Å². The standard InChI is InChI=1S/C21H22N2O3S/c1-5-26-18-8-6-7-15(19(18)25-4)12-17-20(24)23(21(27)22-17)16-10-9-13(2)14(3)11-16/h6-12H,5H2,1-4H3,(H,22,27)/b17-12-. The highest BCUT2D eigenvalue weighted by molar-refractivity contribution is 7.80. The molecule has 0 bridgehead atoms. The Morgan fingerprint density at radius 3 is 2.63 bits per heavy atom. The Hall–Kier alpha value is -2.86. The van der Waals surface area contributed by atoms with Gasteiger partial charge in [0.05, 0.1) is 19.4 Å². The molecule has 1 amide bonds. The van der Waals surface area contributed by atoms with Gasteiger partial charge in [0, 0.05) is 5.56 Å². The van der Waals surface area contributed by atoms with E-state index in [0.717, 1.165) is 22.4 Å². The highest BCUT2D eigenvalue weighted by atomic mass is 32.1. The molecule has 1 fully saturated rings. The number of thiocarbonyl (C=S) groups is 1. The van der Waals surface area contributed by atoms with Gasteiger partial charge in [-0.15, -0.1) is 0 Å². The summed E-state index contributed by atoms with van der Waals surface area (Å²) in [5, 5.41) is 3.37. The molecule has 0 radical (unpaired) electrons. The van der Waals surface area contributed by atoms with Crippen molar-refractivity contribution in [1.82, 2.24) is 5.32 Å². The summed E-state index contributed by atoms with van der Waals surface area (Å²) in [6.07, 6.45) is 1.73. The van der Waals surface area contributed by atoms with Gasteiger partial charge in [-0.25, -0.2) is 0 Å². The molecule has 6 heteroatoms. The van der Waals surface area contributed by atoms with Crippen LogP contribution in [0.4, 0.5) is 5.69 Å². The van der Waals surface area contributed by atoms with Crippen molar-refractivity contribution in [3.05, 3.63) is 58.8 Å². The van der Waals surface area contributed by atoms with Crippen molar-refractivity contribution in [1.29, 1.82) is 0 Å². The van der Waals surface area contributed by atoms with Crippen molar-refractivity contribution in [3.8, 4) is 11.5 Å². The van der Waals surface area contributed by atoms with Gasteiger partial charge in [-0.05, 0) is 68.4 Å². The van der Waals surface area contributed by atoms with Crippen LogP contribution in [0.25, 0.3) is 6.08 Å². The van der Waals surface area contributed by atoms with Crippen LogP contribution in [-0.4, -0.2) is 24.7 Å². The topological polar surface area (TPSA) is 50.8 Å². The lowest BCUT2D eigenvalue weighted by molar-refractivity contribution is -0.113. The average Bonchev–Trinajstić information content (AvgIpc) is 2.91. The molecule has 0 unspecified atom stereocenters. The Balaban J connectivity index is 1.97. The molecule has 5 nitrogen and oxygen atoms in total. The Labute approximate surface area is 164 Å². The second-order valence-corrected chi connectivity index (χ2v) is 6.60. The van der Waals surface area contributed by atoms with Crippen molar-refractivity contribution < 1.29 is 14.3 Å². The number of benzene rings is 2. The van der Waals surface area contributed by atoms with Crippen LogP contribution >= 0.6 is 12.2 Å². The monoisotopic (exact) mass is 382 g/mol. The summed E-state index contributed by atoms with van der Waals surface area (Å²) in [4.78, 5) is 14.5. The highest BCUT2D eigenvalue weighted by Gasteiger charge is 2.32. The number of amides is 1. The molecule has 3 rings (SSSR count). The molecular formula is C21H22N2O3S. The van der Waals surface area contributed by atoms with Gasteiger partial charge < -0.3 is 14.8 Å². The fourth-order valence-electron chi connectivity index (χ4n) is 2.92. The van der Waals surface area contributed by atoms with E-state index >= 15 is 0 Å². The van der Waals surface area contributed by atoms with Crippen LogP contribution in [0.1, 0.15) is 23.6 Å². The van der Waals surface area contributed by atoms with E-state index in [1.54, 1.807) is 13.2 Å². The summed E-state index contributed by atoms with van der Waals surface area (Å²) in [6, 6.07) is 11.4. The number of aryl methyl sites for hydroxylation is 2. The van der Waals surface area contributed by atoms with Gasteiger partial charge in [0.25, 0.3) is 5.91 Å². The molecule has 1 aliphatic heterocycles. The summed E-state index contributed by atoms with van der Waals surface area (Å²) in [6.45, 7) is 6.48. The van der Waals surface area contributed by atoms with E-state index in [2.05, 4.69) is 5.32 Å². The number of rotatable bonds is 5. The molecule has 0 aromatic heterocycles. The number of methoxy groups -OCH3 is 1. The minimum Gasteiger partial charge on any atom is -0.492 e. The first-order valence-electron chi connectivity index (χ1n) is 8.70. The zero-order valence-corrected chi connectivity index (χ0v) is 16.6. The SMILES string of the molecule is CCOc1cccc(/C=C2\NC(=S)N(c3ccc(C)c(C)c3)C2=O)c1OC. The minimum atomic E-state index is -0.202.